The molecule has 31 heavy (non-hydrogen) atoms. The van der Waals surface area contributed by atoms with E-state index >= 15 is 0 Å². The summed E-state index contributed by atoms with van der Waals surface area (Å²) in [5, 5.41) is 13.9. The fraction of sp³-hybridized carbons (Fsp3) is 0.238. The molecule has 0 bridgehead atoms. The maximum absolute atomic E-state index is 12.6. The van der Waals surface area contributed by atoms with Gasteiger partial charge in [-0.1, -0.05) is 22.9 Å². The van der Waals surface area contributed by atoms with Crippen molar-refractivity contribution in [2.75, 3.05) is 24.9 Å². The molecule has 0 radical (unpaired) electrons. The van der Waals surface area contributed by atoms with Gasteiger partial charge in [-0.25, -0.2) is 4.68 Å². The standard InChI is InChI=1S/C21H22ClN5O4/c1-12-5-6-14(22)9-16(12)24-21(29)20-13(2)27(26-25-20)11-19(28)23-17-10-15(30-3)7-8-18(17)31-4/h5-10H,11H2,1-4H3,(H,23,28)(H,24,29). The first-order chi connectivity index (χ1) is 14.8. The van der Waals surface area contributed by atoms with Gasteiger partial charge < -0.3 is 20.1 Å². The second kappa shape index (κ2) is 9.48. The molecule has 2 aromatic carbocycles. The third-order valence-corrected chi connectivity index (χ3v) is 4.85. The number of methoxy groups -OCH3 is 2. The molecule has 0 spiro atoms. The minimum absolute atomic E-state index is 0.117. The Hall–Kier alpha value is -3.59. The van der Waals surface area contributed by atoms with Gasteiger partial charge in [0.05, 0.1) is 25.6 Å². The summed E-state index contributed by atoms with van der Waals surface area (Å²) in [5.74, 6) is 0.255. The number of aryl methyl sites for hydroxylation is 1. The maximum atomic E-state index is 12.6. The van der Waals surface area contributed by atoms with E-state index in [2.05, 4.69) is 20.9 Å². The molecule has 0 aliphatic heterocycles. The van der Waals surface area contributed by atoms with Crippen LogP contribution in [-0.2, 0) is 11.3 Å². The van der Waals surface area contributed by atoms with Crippen LogP contribution in [0, 0.1) is 13.8 Å². The van der Waals surface area contributed by atoms with E-state index in [-0.39, 0.29) is 18.1 Å². The van der Waals surface area contributed by atoms with Crippen molar-refractivity contribution >= 4 is 34.8 Å². The number of nitrogens with one attached hydrogen (secondary N) is 2. The van der Waals surface area contributed by atoms with Crippen LogP contribution >= 0.6 is 11.6 Å². The van der Waals surface area contributed by atoms with Gasteiger partial charge in [-0.15, -0.1) is 5.10 Å². The molecular weight excluding hydrogens is 422 g/mol. The summed E-state index contributed by atoms with van der Waals surface area (Å²) in [5.41, 5.74) is 2.46. The second-order valence-electron chi connectivity index (χ2n) is 6.71. The Morgan fingerprint density at radius 3 is 2.52 bits per heavy atom. The lowest BCUT2D eigenvalue weighted by Gasteiger charge is -2.12. The number of anilines is 2. The second-order valence-corrected chi connectivity index (χ2v) is 7.15. The molecule has 2 N–H and O–H groups in total. The van der Waals surface area contributed by atoms with Crippen molar-refractivity contribution in [2.45, 2.75) is 20.4 Å². The van der Waals surface area contributed by atoms with Crippen molar-refractivity contribution in [3.8, 4) is 11.5 Å². The minimum atomic E-state index is -0.441. The molecule has 1 aromatic heterocycles. The molecule has 10 heteroatoms. The van der Waals surface area contributed by atoms with Crippen LogP contribution in [0.5, 0.6) is 11.5 Å². The number of nitrogens with zero attached hydrogens (tertiary/aromatic N) is 3. The zero-order valence-corrected chi connectivity index (χ0v) is 18.3. The van der Waals surface area contributed by atoms with Gasteiger partial charge in [-0.05, 0) is 43.7 Å². The summed E-state index contributed by atoms with van der Waals surface area (Å²) in [6, 6.07) is 10.3. The van der Waals surface area contributed by atoms with Crippen molar-refractivity contribution in [1.29, 1.82) is 0 Å². The molecule has 3 rings (SSSR count). The largest absolute Gasteiger partial charge is 0.497 e. The molecular formula is C21H22ClN5O4. The van der Waals surface area contributed by atoms with Gasteiger partial charge >= 0.3 is 0 Å². The summed E-state index contributed by atoms with van der Waals surface area (Å²) >= 11 is 6.00. The molecule has 162 valence electrons. The molecule has 0 atom stereocenters. The lowest BCUT2D eigenvalue weighted by molar-refractivity contribution is -0.117. The zero-order valence-electron chi connectivity index (χ0n) is 17.5. The van der Waals surface area contributed by atoms with Crippen LogP contribution in [-0.4, -0.2) is 41.0 Å². The van der Waals surface area contributed by atoms with Gasteiger partial charge in [0.1, 0.15) is 18.0 Å². The topological polar surface area (TPSA) is 107 Å². The smallest absolute Gasteiger partial charge is 0.278 e. The average molecular weight is 444 g/mol. The molecule has 2 amide bonds. The summed E-state index contributed by atoms with van der Waals surface area (Å²) in [4.78, 5) is 25.2. The first-order valence-corrected chi connectivity index (χ1v) is 9.69. The van der Waals surface area contributed by atoms with E-state index in [1.54, 1.807) is 43.3 Å². The van der Waals surface area contributed by atoms with Crippen molar-refractivity contribution in [1.82, 2.24) is 15.0 Å². The molecule has 9 nitrogen and oxygen atoms in total. The minimum Gasteiger partial charge on any atom is -0.497 e. The number of amides is 2. The van der Waals surface area contributed by atoms with Crippen LogP contribution in [0.25, 0.3) is 0 Å². The predicted molar refractivity (Wildman–Crippen MR) is 117 cm³/mol. The van der Waals surface area contributed by atoms with E-state index in [0.29, 0.717) is 33.6 Å². The number of rotatable bonds is 7. The number of halogens is 1. The first-order valence-electron chi connectivity index (χ1n) is 9.32. The Kier molecular flexibility index (Phi) is 6.76. The summed E-state index contributed by atoms with van der Waals surface area (Å²) in [6.45, 7) is 3.38. The lowest BCUT2D eigenvalue weighted by Crippen LogP contribution is -2.21. The number of benzene rings is 2. The highest BCUT2D eigenvalue weighted by molar-refractivity contribution is 6.31. The third-order valence-electron chi connectivity index (χ3n) is 4.62. The van der Waals surface area contributed by atoms with Gasteiger partial charge in [0, 0.05) is 16.8 Å². The van der Waals surface area contributed by atoms with Crippen LogP contribution in [0.4, 0.5) is 11.4 Å². The van der Waals surface area contributed by atoms with Crippen LogP contribution < -0.4 is 20.1 Å². The lowest BCUT2D eigenvalue weighted by atomic mass is 10.2. The Morgan fingerprint density at radius 2 is 1.81 bits per heavy atom. The van der Waals surface area contributed by atoms with Crippen molar-refractivity contribution in [3.05, 3.63) is 58.4 Å². The molecule has 0 aliphatic rings. The number of ether oxygens (including phenoxy) is 2. The molecule has 0 unspecified atom stereocenters. The number of carbonyl (C=O) groups is 2. The molecule has 1 heterocycles. The maximum Gasteiger partial charge on any atom is 0.278 e. The van der Waals surface area contributed by atoms with Gasteiger partial charge in [-0.3, -0.25) is 9.59 Å². The average Bonchev–Trinajstić information content (AvgIpc) is 3.10. The number of aromatic nitrogens is 3. The van der Waals surface area contributed by atoms with Crippen LogP contribution in [0.2, 0.25) is 5.02 Å². The van der Waals surface area contributed by atoms with E-state index in [4.69, 9.17) is 21.1 Å². The predicted octanol–water partition coefficient (Wildman–Crippen LogP) is 3.46. The van der Waals surface area contributed by atoms with E-state index < -0.39 is 5.91 Å². The monoisotopic (exact) mass is 443 g/mol. The Bertz CT molecular complexity index is 1130. The van der Waals surface area contributed by atoms with E-state index in [1.165, 1.54) is 18.9 Å². The number of carbonyl (C=O) groups excluding carboxylic acids is 2. The fourth-order valence-corrected chi connectivity index (χ4v) is 3.04. The molecule has 3 aromatic rings. The Labute approximate surface area is 184 Å². The molecule has 0 fully saturated rings. The molecule has 0 saturated carbocycles. The number of hydrogen-bond acceptors (Lipinski definition) is 6. The quantitative estimate of drug-likeness (QED) is 0.579. The SMILES string of the molecule is COc1ccc(OC)c(NC(=O)Cn2nnc(C(=O)Nc3cc(Cl)ccc3C)c2C)c1. The van der Waals surface area contributed by atoms with E-state index in [9.17, 15) is 9.59 Å². The first kappa shape index (κ1) is 22.1. The summed E-state index contributed by atoms with van der Waals surface area (Å²) in [7, 11) is 3.04. The fourth-order valence-electron chi connectivity index (χ4n) is 2.87. The van der Waals surface area contributed by atoms with Crippen LogP contribution in [0.3, 0.4) is 0 Å². The van der Waals surface area contributed by atoms with E-state index in [1.807, 2.05) is 6.92 Å². The molecule has 0 saturated heterocycles. The van der Waals surface area contributed by atoms with Gasteiger partial charge in [-0.2, -0.15) is 0 Å². The van der Waals surface area contributed by atoms with Crippen molar-refractivity contribution < 1.29 is 19.1 Å². The van der Waals surface area contributed by atoms with E-state index in [0.717, 1.165) is 5.56 Å². The van der Waals surface area contributed by atoms with Gasteiger partial charge in [0.15, 0.2) is 5.69 Å². The third kappa shape index (κ3) is 5.13. The highest BCUT2D eigenvalue weighted by atomic mass is 35.5. The number of hydrogen-bond donors (Lipinski definition) is 2. The zero-order chi connectivity index (χ0) is 22.5. The Morgan fingerprint density at radius 1 is 1.03 bits per heavy atom. The van der Waals surface area contributed by atoms with Crippen LogP contribution in [0.1, 0.15) is 21.7 Å². The van der Waals surface area contributed by atoms with Gasteiger partial charge in [0.2, 0.25) is 5.91 Å². The van der Waals surface area contributed by atoms with Gasteiger partial charge in [0.25, 0.3) is 5.91 Å². The highest BCUT2D eigenvalue weighted by Gasteiger charge is 2.19. The van der Waals surface area contributed by atoms with Crippen LogP contribution in [0.15, 0.2) is 36.4 Å². The normalized spacial score (nSPS) is 10.5. The van der Waals surface area contributed by atoms with Crippen molar-refractivity contribution in [3.63, 3.8) is 0 Å². The molecule has 0 aliphatic carbocycles. The summed E-state index contributed by atoms with van der Waals surface area (Å²) < 4.78 is 11.8. The Balaban J connectivity index is 1.72. The van der Waals surface area contributed by atoms with Crippen molar-refractivity contribution in [2.24, 2.45) is 0 Å². The highest BCUT2D eigenvalue weighted by Crippen LogP contribution is 2.29. The summed E-state index contributed by atoms with van der Waals surface area (Å²) in [6.07, 6.45) is 0.